The van der Waals surface area contributed by atoms with Crippen LogP contribution in [0, 0.1) is 0 Å². The molecular formula is C22H21N7O3. The standard InChI is InChI=1S/C22H21N7O3/c1-31-13-20(30)27-16-8-6-15(7-9-16)11-25-28-21-19-12-26-29(22(19)24-14-23-21)17-4-3-5-18(10-17)32-2/h3-10,12,14H,11,13H2,1-2H3,(H,27,30). The molecule has 0 spiro atoms. The Hall–Kier alpha value is -4.18. The van der Waals surface area contributed by atoms with Gasteiger partial charge in [-0.05, 0) is 29.8 Å². The third-order valence-electron chi connectivity index (χ3n) is 4.57. The number of fused-ring (bicyclic) bond motifs is 1. The fraction of sp³-hybridized carbons (Fsp3) is 0.182. The Bertz CT molecular complexity index is 1250. The van der Waals surface area contributed by atoms with E-state index in [1.165, 1.54) is 13.4 Å². The van der Waals surface area contributed by atoms with Gasteiger partial charge in [-0.3, -0.25) is 4.79 Å². The molecule has 0 atom stereocenters. The third-order valence-corrected chi connectivity index (χ3v) is 4.57. The number of azo groups is 1. The number of anilines is 1. The fourth-order valence-corrected chi connectivity index (χ4v) is 3.05. The van der Waals surface area contributed by atoms with E-state index in [-0.39, 0.29) is 12.5 Å². The molecule has 0 saturated carbocycles. The molecule has 4 aromatic rings. The molecule has 0 aliphatic heterocycles. The molecule has 0 bridgehead atoms. The maximum absolute atomic E-state index is 11.6. The van der Waals surface area contributed by atoms with Crippen LogP contribution in [0.4, 0.5) is 11.5 Å². The minimum atomic E-state index is -0.206. The maximum Gasteiger partial charge on any atom is 0.250 e. The molecule has 1 N–H and O–H groups in total. The zero-order valence-corrected chi connectivity index (χ0v) is 17.6. The summed E-state index contributed by atoms with van der Waals surface area (Å²) in [4.78, 5) is 20.1. The smallest absolute Gasteiger partial charge is 0.250 e. The van der Waals surface area contributed by atoms with E-state index < -0.39 is 0 Å². The Labute approximate surface area is 183 Å². The molecule has 4 rings (SSSR count). The van der Waals surface area contributed by atoms with Gasteiger partial charge in [-0.1, -0.05) is 18.2 Å². The first-order valence-electron chi connectivity index (χ1n) is 9.76. The number of methoxy groups -OCH3 is 2. The molecule has 0 fully saturated rings. The normalized spacial score (nSPS) is 11.2. The molecule has 0 radical (unpaired) electrons. The average Bonchev–Trinajstić information content (AvgIpc) is 3.25. The van der Waals surface area contributed by atoms with Crippen LogP contribution in [0.25, 0.3) is 16.7 Å². The molecule has 10 nitrogen and oxygen atoms in total. The molecule has 2 heterocycles. The number of benzene rings is 2. The van der Waals surface area contributed by atoms with E-state index in [0.717, 1.165) is 17.0 Å². The van der Waals surface area contributed by atoms with E-state index in [2.05, 4.69) is 30.6 Å². The Morgan fingerprint density at radius 2 is 1.97 bits per heavy atom. The van der Waals surface area contributed by atoms with Crippen LogP contribution in [0.2, 0.25) is 0 Å². The Morgan fingerprint density at radius 1 is 1.12 bits per heavy atom. The predicted molar refractivity (Wildman–Crippen MR) is 118 cm³/mol. The van der Waals surface area contributed by atoms with Crippen molar-refractivity contribution in [2.75, 3.05) is 26.1 Å². The summed E-state index contributed by atoms with van der Waals surface area (Å²) < 4.78 is 11.8. The van der Waals surface area contributed by atoms with Crippen molar-refractivity contribution in [1.29, 1.82) is 0 Å². The van der Waals surface area contributed by atoms with Gasteiger partial charge in [0.2, 0.25) is 5.91 Å². The van der Waals surface area contributed by atoms with E-state index in [9.17, 15) is 4.79 Å². The summed E-state index contributed by atoms with van der Waals surface area (Å²) in [5.74, 6) is 0.958. The molecule has 0 unspecified atom stereocenters. The summed E-state index contributed by atoms with van der Waals surface area (Å²) in [6, 6.07) is 14.9. The Kier molecular flexibility index (Phi) is 6.42. The number of nitrogens with zero attached hydrogens (tertiary/aromatic N) is 6. The van der Waals surface area contributed by atoms with Crippen LogP contribution in [0.15, 0.2) is 71.3 Å². The predicted octanol–water partition coefficient (Wildman–Crippen LogP) is 3.69. The second kappa shape index (κ2) is 9.75. The Balaban J connectivity index is 1.49. The van der Waals surface area contributed by atoms with Crippen molar-refractivity contribution in [3.8, 4) is 11.4 Å². The van der Waals surface area contributed by atoms with Gasteiger partial charge in [-0.15, -0.1) is 5.11 Å². The van der Waals surface area contributed by atoms with E-state index in [1.807, 2.05) is 36.4 Å². The molecule has 0 aliphatic rings. The molecule has 0 aliphatic carbocycles. The lowest BCUT2D eigenvalue weighted by molar-refractivity contribution is -0.119. The van der Waals surface area contributed by atoms with Crippen LogP contribution < -0.4 is 10.1 Å². The van der Waals surface area contributed by atoms with Crippen molar-refractivity contribution in [3.63, 3.8) is 0 Å². The van der Waals surface area contributed by atoms with E-state index in [4.69, 9.17) is 9.47 Å². The second-order valence-corrected chi connectivity index (χ2v) is 6.77. The molecule has 32 heavy (non-hydrogen) atoms. The van der Waals surface area contributed by atoms with E-state index >= 15 is 0 Å². The van der Waals surface area contributed by atoms with Gasteiger partial charge in [0.1, 0.15) is 18.7 Å². The van der Waals surface area contributed by atoms with E-state index in [1.54, 1.807) is 30.1 Å². The molecular weight excluding hydrogens is 410 g/mol. The van der Waals surface area contributed by atoms with Gasteiger partial charge < -0.3 is 14.8 Å². The summed E-state index contributed by atoms with van der Waals surface area (Å²) in [5, 5.41) is 16.4. The number of amides is 1. The number of rotatable bonds is 8. The van der Waals surface area contributed by atoms with Crippen molar-refractivity contribution in [3.05, 3.63) is 66.6 Å². The second-order valence-electron chi connectivity index (χ2n) is 6.77. The van der Waals surface area contributed by atoms with Crippen LogP contribution in [0.5, 0.6) is 5.75 Å². The topological polar surface area (TPSA) is 116 Å². The van der Waals surface area contributed by atoms with Crippen LogP contribution in [0.3, 0.4) is 0 Å². The number of carbonyl (C=O) groups excluding carboxylic acids is 1. The van der Waals surface area contributed by atoms with Gasteiger partial charge >= 0.3 is 0 Å². The lowest BCUT2D eigenvalue weighted by atomic mass is 10.2. The zero-order chi connectivity index (χ0) is 22.3. The zero-order valence-electron chi connectivity index (χ0n) is 17.6. The lowest BCUT2D eigenvalue weighted by Gasteiger charge is -2.05. The Morgan fingerprint density at radius 3 is 2.75 bits per heavy atom. The molecule has 2 aromatic carbocycles. The summed E-state index contributed by atoms with van der Waals surface area (Å²) in [6.45, 7) is 0.375. The number of nitrogens with one attached hydrogen (secondary N) is 1. The lowest BCUT2D eigenvalue weighted by Crippen LogP contribution is -2.16. The van der Waals surface area contributed by atoms with Crippen molar-refractivity contribution in [2.45, 2.75) is 6.54 Å². The van der Waals surface area contributed by atoms with Crippen LogP contribution in [-0.4, -0.2) is 46.5 Å². The largest absolute Gasteiger partial charge is 0.497 e. The first-order valence-corrected chi connectivity index (χ1v) is 9.76. The molecule has 162 valence electrons. The summed E-state index contributed by atoms with van der Waals surface area (Å²) in [5.41, 5.74) is 3.07. The minimum Gasteiger partial charge on any atom is -0.497 e. The van der Waals surface area contributed by atoms with Gasteiger partial charge in [0, 0.05) is 18.9 Å². The maximum atomic E-state index is 11.6. The first kappa shape index (κ1) is 21.1. The van der Waals surface area contributed by atoms with Gasteiger partial charge in [0.15, 0.2) is 11.5 Å². The summed E-state index contributed by atoms with van der Waals surface area (Å²) in [7, 11) is 3.09. The van der Waals surface area contributed by atoms with Gasteiger partial charge in [-0.2, -0.15) is 10.2 Å². The molecule has 2 aromatic heterocycles. The van der Waals surface area contributed by atoms with Crippen LogP contribution >= 0.6 is 0 Å². The number of carbonyl (C=O) groups is 1. The SMILES string of the molecule is COCC(=O)Nc1ccc(CN=Nc2ncnc3c2cnn3-c2cccc(OC)c2)cc1. The number of ether oxygens (including phenoxy) is 2. The summed E-state index contributed by atoms with van der Waals surface area (Å²) >= 11 is 0. The quantitative estimate of drug-likeness (QED) is 0.425. The minimum absolute atomic E-state index is 0.0117. The molecule has 10 heteroatoms. The highest BCUT2D eigenvalue weighted by molar-refractivity contribution is 5.91. The molecule has 0 saturated heterocycles. The third kappa shape index (κ3) is 4.76. The average molecular weight is 431 g/mol. The van der Waals surface area contributed by atoms with E-state index in [0.29, 0.717) is 29.1 Å². The van der Waals surface area contributed by atoms with Crippen molar-refractivity contribution < 1.29 is 14.3 Å². The summed E-state index contributed by atoms with van der Waals surface area (Å²) in [6.07, 6.45) is 3.10. The van der Waals surface area contributed by atoms with Crippen molar-refractivity contribution in [1.82, 2.24) is 19.7 Å². The van der Waals surface area contributed by atoms with Crippen molar-refractivity contribution >= 4 is 28.4 Å². The fourth-order valence-electron chi connectivity index (χ4n) is 3.05. The van der Waals surface area contributed by atoms with Gasteiger partial charge in [0.25, 0.3) is 0 Å². The van der Waals surface area contributed by atoms with Gasteiger partial charge in [0.05, 0.1) is 30.9 Å². The number of aromatic nitrogens is 4. The van der Waals surface area contributed by atoms with Crippen molar-refractivity contribution in [2.24, 2.45) is 10.2 Å². The highest BCUT2D eigenvalue weighted by atomic mass is 16.5. The van der Waals surface area contributed by atoms with Crippen LogP contribution in [-0.2, 0) is 16.1 Å². The highest BCUT2D eigenvalue weighted by Crippen LogP contribution is 2.25. The monoisotopic (exact) mass is 431 g/mol. The molecule has 1 amide bonds. The first-order chi connectivity index (χ1) is 15.7. The number of hydrogen-bond donors (Lipinski definition) is 1. The highest BCUT2D eigenvalue weighted by Gasteiger charge is 2.11. The van der Waals surface area contributed by atoms with Gasteiger partial charge in [-0.25, -0.2) is 14.6 Å². The van der Waals surface area contributed by atoms with Crippen LogP contribution in [0.1, 0.15) is 5.56 Å². The number of hydrogen-bond acceptors (Lipinski definition) is 8.